The Morgan fingerprint density at radius 3 is 2.56 bits per heavy atom. The number of nitrogens with zero attached hydrogens (tertiary/aromatic N) is 2. The Kier molecular flexibility index (Phi) is 5.28. The van der Waals surface area contributed by atoms with Gasteiger partial charge in [-0.15, -0.1) is 0 Å². The first-order valence-corrected chi connectivity index (χ1v) is 8.27. The molecule has 0 bridgehead atoms. The quantitative estimate of drug-likeness (QED) is 0.905. The maximum Gasteiger partial charge on any atom is 0.308 e. The molecule has 1 saturated heterocycles. The maximum absolute atomic E-state index is 12.5. The molecule has 6 nitrogen and oxygen atoms in total. The van der Waals surface area contributed by atoms with Gasteiger partial charge in [0.15, 0.2) is 0 Å². The Morgan fingerprint density at radius 2 is 1.88 bits per heavy atom. The zero-order valence-electron chi connectivity index (χ0n) is 13.8. The highest BCUT2D eigenvalue weighted by Gasteiger charge is 2.28. The highest BCUT2D eigenvalue weighted by atomic mass is 16.5. The van der Waals surface area contributed by atoms with E-state index in [1.165, 1.54) is 0 Å². The summed E-state index contributed by atoms with van der Waals surface area (Å²) in [5.41, 5.74) is 1.56. The first kappa shape index (κ1) is 17.0. The SMILES string of the molecule is O=C(O)[C@H]1CCCN(C(=O)c2ccc(OCc3ccncc3)cc2)C1. The lowest BCUT2D eigenvalue weighted by Gasteiger charge is -2.30. The van der Waals surface area contributed by atoms with Gasteiger partial charge >= 0.3 is 5.97 Å². The second kappa shape index (κ2) is 7.79. The fraction of sp³-hybridized carbons (Fsp3) is 0.316. The predicted octanol–water partition coefficient (Wildman–Crippen LogP) is 2.60. The van der Waals surface area contributed by atoms with E-state index in [4.69, 9.17) is 9.84 Å². The molecule has 25 heavy (non-hydrogen) atoms. The van der Waals surface area contributed by atoms with Gasteiger partial charge in [-0.2, -0.15) is 0 Å². The lowest BCUT2D eigenvalue weighted by molar-refractivity contribution is -0.143. The van der Waals surface area contributed by atoms with Gasteiger partial charge in [-0.25, -0.2) is 0 Å². The van der Waals surface area contributed by atoms with Gasteiger partial charge in [-0.3, -0.25) is 14.6 Å². The molecule has 0 aliphatic carbocycles. The van der Waals surface area contributed by atoms with Gasteiger partial charge in [-0.1, -0.05) is 0 Å². The molecule has 0 radical (unpaired) electrons. The molecule has 1 N–H and O–H groups in total. The molecule has 0 unspecified atom stereocenters. The van der Waals surface area contributed by atoms with Gasteiger partial charge in [0.25, 0.3) is 5.91 Å². The molecule has 1 aliphatic heterocycles. The van der Waals surface area contributed by atoms with Crippen molar-refractivity contribution in [2.24, 2.45) is 5.92 Å². The van der Waals surface area contributed by atoms with E-state index >= 15 is 0 Å². The van der Waals surface area contributed by atoms with Crippen molar-refractivity contribution in [1.29, 1.82) is 0 Å². The summed E-state index contributed by atoms with van der Waals surface area (Å²) in [4.78, 5) is 29.3. The predicted molar refractivity (Wildman–Crippen MR) is 91.3 cm³/mol. The summed E-state index contributed by atoms with van der Waals surface area (Å²) in [7, 11) is 0. The molecule has 1 atom stereocenters. The molecule has 130 valence electrons. The summed E-state index contributed by atoms with van der Waals surface area (Å²) in [5.74, 6) is -0.764. The third kappa shape index (κ3) is 4.35. The Balaban J connectivity index is 1.59. The Labute approximate surface area is 146 Å². The van der Waals surface area contributed by atoms with Crippen LogP contribution < -0.4 is 4.74 Å². The zero-order valence-corrected chi connectivity index (χ0v) is 13.8. The largest absolute Gasteiger partial charge is 0.489 e. The van der Waals surface area contributed by atoms with Crippen LogP contribution in [-0.2, 0) is 11.4 Å². The number of hydrogen-bond donors (Lipinski definition) is 1. The van der Waals surface area contributed by atoms with E-state index in [-0.39, 0.29) is 12.5 Å². The molecule has 1 aliphatic rings. The standard InChI is InChI=1S/C19H20N2O4/c22-18(21-11-1-2-16(12-21)19(23)24)15-3-5-17(6-4-15)25-13-14-7-9-20-10-8-14/h3-10,16H,1-2,11-13H2,(H,23,24)/t16-/m0/s1. The summed E-state index contributed by atoms with van der Waals surface area (Å²) in [6, 6.07) is 10.7. The first-order valence-electron chi connectivity index (χ1n) is 8.27. The highest BCUT2D eigenvalue weighted by molar-refractivity contribution is 5.94. The number of likely N-dealkylation sites (tertiary alicyclic amines) is 1. The van der Waals surface area contributed by atoms with Crippen LogP contribution in [0.3, 0.4) is 0 Å². The Bertz CT molecular complexity index is 731. The van der Waals surface area contributed by atoms with Crippen LogP contribution in [0.2, 0.25) is 0 Å². The van der Waals surface area contributed by atoms with E-state index < -0.39 is 11.9 Å². The number of aromatic nitrogens is 1. The molecule has 0 spiro atoms. The molecule has 2 aromatic rings. The minimum Gasteiger partial charge on any atom is -0.489 e. The number of carbonyl (C=O) groups excluding carboxylic acids is 1. The van der Waals surface area contributed by atoms with Crippen LogP contribution in [0.5, 0.6) is 5.75 Å². The second-order valence-electron chi connectivity index (χ2n) is 6.10. The van der Waals surface area contributed by atoms with Crippen LogP contribution in [0.1, 0.15) is 28.8 Å². The van der Waals surface area contributed by atoms with Gasteiger partial charge < -0.3 is 14.7 Å². The number of piperidine rings is 1. The van der Waals surface area contributed by atoms with Gasteiger partial charge in [0.1, 0.15) is 12.4 Å². The van der Waals surface area contributed by atoms with E-state index in [2.05, 4.69) is 4.98 Å². The average Bonchev–Trinajstić information content (AvgIpc) is 2.67. The highest BCUT2D eigenvalue weighted by Crippen LogP contribution is 2.20. The number of rotatable bonds is 5. The number of amides is 1. The summed E-state index contributed by atoms with van der Waals surface area (Å²) in [6.45, 7) is 1.31. The van der Waals surface area contributed by atoms with Crippen LogP contribution in [0.25, 0.3) is 0 Å². The van der Waals surface area contributed by atoms with E-state index in [0.717, 1.165) is 12.0 Å². The van der Waals surface area contributed by atoms with Gasteiger partial charge in [0, 0.05) is 31.0 Å². The average molecular weight is 340 g/mol. The molecule has 2 heterocycles. The number of carboxylic acid groups (broad SMARTS) is 1. The monoisotopic (exact) mass is 340 g/mol. The fourth-order valence-electron chi connectivity index (χ4n) is 2.89. The van der Waals surface area contributed by atoms with Crippen molar-refractivity contribution >= 4 is 11.9 Å². The van der Waals surface area contributed by atoms with Gasteiger partial charge in [0.05, 0.1) is 5.92 Å². The molecule has 1 aromatic heterocycles. The summed E-state index contributed by atoms with van der Waals surface area (Å²) < 4.78 is 5.69. The molecular weight excluding hydrogens is 320 g/mol. The van der Waals surface area contributed by atoms with E-state index in [1.54, 1.807) is 41.6 Å². The number of hydrogen-bond acceptors (Lipinski definition) is 4. The number of carboxylic acids is 1. The minimum absolute atomic E-state index is 0.133. The molecule has 1 fully saturated rings. The van der Waals surface area contributed by atoms with Crippen molar-refractivity contribution in [3.05, 3.63) is 59.9 Å². The van der Waals surface area contributed by atoms with Gasteiger partial charge in [-0.05, 0) is 54.8 Å². The second-order valence-corrected chi connectivity index (χ2v) is 6.10. The zero-order chi connectivity index (χ0) is 17.6. The van der Waals surface area contributed by atoms with Crippen LogP contribution in [0, 0.1) is 5.92 Å². The van der Waals surface area contributed by atoms with Crippen LogP contribution >= 0.6 is 0 Å². The number of aliphatic carboxylic acids is 1. The van der Waals surface area contributed by atoms with Crippen molar-refractivity contribution in [1.82, 2.24) is 9.88 Å². The number of benzene rings is 1. The van der Waals surface area contributed by atoms with Crippen molar-refractivity contribution in [3.63, 3.8) is 0 Å². The van der Waals surface area contributed by atoms with E-state index in [0.29, 0.717) is 30.9 Å². The smallest absolute Gasteiger partial charge is 0.308 e. The number of ether oxygens (including phenoxy) is 1. The molecular formula is C19H20N2O4. The van der Waals surface area contributed by atoms with Crippen LogP contribution in [-0.4, -0.2) is 40.0 Å². The molecule has 0 saturated carbocycles. The van der Waals surface area contributed by atoms with Crippen LogP contribution in [0.15, 0.2) is 48.8 Å². The molecule has 3 rings (SSSR count). The van der Waals surface area contributed by atoms with Crippen molar-refractivity contribution in [3.8, 4) is 5.75 Å². The maximum atomic E-state index is 12.5. The summed E-state index contributed by atoms with van der Waals surface area (Å²) in [5, 5.41) is 9.14. The van der Waals surface area contributed by atoms with E-state index in [9.17, 15) is 9.59 Å². The van der Waals surface area contributed by atoms with Crippen molar-refractivity contribution < 1.29 is 19.4 Å². The first-order chi connectivity index (χ1) is 12.1. The van der Waals surface area contributed by atoms with E-state index in [1.807, 2.05) is 12.1 Å². The minimum atomic E-state index is -0.836. The normalized spacial score (nSPS) is 17.1. The third-order valence-electron chi connectivity index (χ3n) is 4.31. The lowest BCUT2D eigenvalue weighted by atomic mass is 9.97. The van der Waals surface area contributed by atoms with Crippen molar-refractivity contribution in [2.75, 3.05) is 13.1 Å². The summed E-state index contributed by atoms with van der Waals surface area (Å²) in [6.07, 6.45) is 4.77. The topological polar surface area (TPSA) is 79.7 Å². The van der Waals surface area contributed by atoms with Crippen molar-refractivity contribution in [2.45, 2.75) is 19.4 Å². The lowest BCUT2D eigenvalue weighted by Crippen LogP contribution is -2.42. The Morgan fingerprint density at radius 1 is 1.16 bits per heavy atom. The summed E-state index contributed by atoms with van der Waals surface area (Å²) >= 11 is 0. The number of pyridine rings is 1. The third-order valence-corrected chi connectivity index (χ3v) is 4.31. The van der Waals surface area contributed by atoms with Gasteiger partial charge in [0.2, 0.25) is 0 Å². The number of carbonyl (C=O) groups is 2. The molecule has 6 heteroatoms. The molecule has 1 aromatic carbocycles. The van der Waals surface area contributed by atoms with Crippen LogP contribution in [0.4, 0.5) is 0 Å². The Hall–Kier alpha value is -2.89. The molecule has 1 amide bonds. The fourth-order valence-corrected chi connectivity index (χ4v) is 2.89.